The van der Waals surface area contributed by atoms with Gasteiger partial charge in [-0.2, -0.15) is 0 Å². The third-order valence-electron chi connectivity index (χ3n) is 2.53. The SMILES string of the molecule is Cc1ccc(Oc2cccc(Br)c2C(N)=S)c(Cl)c1. The monoisotopic (exact) mass is 355 g/mol. The molecule has 19 heavy (non-hydrogen) atoms. The van der Waals surface area contributed by atoms with E-state index in [0.29, 0.717) is 22.1 Å². The van der Waals surface area contributed by atoms with E-state index in [1.54, 1.807) is 6.07 Å². The number of ether oxygens (including phenoxy) is 1. The molecule has 0 aliphatic rings. The molecule has 2 rings (SSSR count). The lowest BCUT2D eigenvalue weighted by Crippen LogP contribution is -2.11. The minimum Gasteiger partial charge on any atom is -0.455 e. The number of hydrogen-bond donors (Lipinski definition) is 1. The van der Waals surface area contributed by atoms with Crippen LogP contribution in [0.5, 0.6) is 11.5 Å². The summed E-state index contributed by atoms with van der Waals surface area (Å²) in [5.41, 5.74) is 7.45. The van der Waals surface area contributed by atoms with Crippen molar-refractivity contribution in [2.75, 3.05) is 0 Å². The summed E-state index contributed by atoms with van der Waals surface area (Å²) < 4.78 is 6.60. The predicted octanol–water partition coefficient (Wildman–Crippen LogP) is 4.84. The van der Waals surface area contributed by atoms with Crippen LogP contribution in [0.25, 0.3) is 0 Å². The van der Waals surface area contributed by atoms with E-state index < -0.39 is 0 Å². The average Bonchev–Trinajstić information content (AvgIpc) is 2.32. The topological polar surface area (TPSA) is 35.2 Å². The van der Waals surface area contributed by atoms with Crippen LogP contribution in [0.15, 0.2) is 40.9 Å². The quantitative estimate of drug-likeness (QED) is 0.799. The van der Waals surface area contributed by atoms with Gasteiger partial charge in [0.15, 0.2) is 0 Å². The molecule has 5 heteroatoms. The molecular weight excluding hydrogens is 346 g/mol. The Morgan fingerprint density at radius 2 is 2.00 bits per heavy atom. The fraction of sp³-hybridized carbons (Fsp3) is 0.0714. The fourth-order valence-corrected chi connectivity index (χ4v) is 2.81. The summed E-state index contributed by atoms with van der Waals surface area (Å²) in [6, 6.07) is 11.1. The van der Waals surface area contributed by atoms with Crippen molar-refractivity contribution in [2.24, 2.45) is 5.73 Å². The molecule has 0 aliphatic heterocycles. The molecular formula is C14H11BrClNOS. The number of nitrogens with two attached hydrogens (primary N) is 1. The molecule has 0 bridgehead atoms. The Labute approximate surface area is 130 Å². The van der Waals surface area contributed by atoms with Crippen molar-refractivity contribution in [3.63, 3.8) is 0 Å². The average molecular weight is 357 g/mol. The molecule has 98 valence electrons. The van der Waals surface area contributed by atoms with Crippen molar-refractivity contribution in [1.29, 1.82) is 0 Å². The molecule has 0 aliphatic carbocycles. The van der Waals surface area contributed by atoms with Crippen molar-refractivity contribution in [3.05, 3.63) is 57.0 Å². The van der Waals surface area contributed by atoms with Crippen LogP contribution < -0.4 is 10.5 Å². The van der Waals surface area contributed by atoms with Crippen molar-refractivity contribution in [3.8, 4) is 11.5 Å². The van der Waals surface area contributed by atoms with E-state index in [1.807, 2.05) is 37.3 Å². The van der Waals surface area contributed by atoms with Crippen LogP contribution >= 0.6 is 39.7 Å². The largest absolute Gasteiger partial charge is 0.455 e. The van der Waals surface area contributed by atoms with E-state index in [2.05, 4.69) is 15.9 Å². The second kappa shape index (κ2) is 5.90. The molecule has 0 fully saturated rings. The summed E-state index contributed by atoms with van der Waals surface area (Å²) in [5.74, 6) is 1.15. The maximum Gasteiger partial charge on any atom is 0.146 e. The lowest BCUT2D eigenvalue weighted by molar-refractivity contribution is 0.481. The van der Waals surface area contributed by atoms with Crippen LogP contribution in [0.2, 0.25) is 5.02 Å². The number of rotatable bonds is 3. The standard InChI is InChI=1S/C14H11BrClNOS/c1-8-5-6-11(10(16)7-8)18-12-4-2-3-9(15)13(12)14(17)19/h2-7H,1H3,(H2,17,19). The van der Waals surface area contributed by atoms with Gasteiger partial charge in [0, 0.05) is 4.47 Å². The van der Waals surface area contributed by atoms with Gasteiger partial charge in [-0.05, 0) is 52.7 Å². The Hall–Kier alpha value is -1.10. The summed E-state index contributed by atoms with van der Waals surface area (Å²) in [6.45, 7) is 1.97. The van der Waals surface area contributed by atoms with Crippen LogP contribution in [-0.2, 0) is 0 Å². The number of thiocarbonyl (C=S) groups is 1. The van der Waals surface area contributed by atoms with E-state index in [-0.39, 0.29) is 4.99 Å². The lowest BCUT2D eigenvalue weighted by atomic mass is 10.2. The first-order valence-electron chi connectivity index (χ1n) is 5.51. The highest BCUT2D eigenvalue weighted by Crippen LogP contribution is 2.34. The van der Waals surface area contributed by atoms with E-state index >= 15 is 0 Å². The molecule has 0 saturated heterocycles. The number of hydrogen-bond acceptors (Lipinski definition) is 2. The highest BCUT2D eigenvalue weighted by atomic mass is 79.9. The summed E-state index contributed by atoms with van der Waals surface area (Å²) >= 11 is 14.6. The van der Waals surface area contributed by atoms with Gasteiger partial charge >= 0.3 is 0 Å². The Morgan fingerprint density at radius 1 is 1.26 bits per heavy atom. The molecule has 2 aromatic carbocycles. The van der Waals surface area contributed by atoms with Crippen molar-refractivity contribution in [2.45, 2.75) is 6.92 Å². The zero-order chi connectivity index (χ0) is 14.0. The molecule has 2 nitrogen and oxygen atoms in total. The van der Waals surface area contributed by atoms with E-state index in [1.165, 1.54) is 0 Å². The van der Waals surface area contributed by atoms with Gasteiger partial charge in [-0.15, -0.1) is 0 Å². The smallest absolute Gasteiger partial charge is 0.146 e. The summed E-state index contributed by atoms with van der Waals surface area (Å²) in [6.07, 6.45) is 0. The first-order chi connectivity index (χ1) is 8.99. The van der Waals surface area contributed by atoms with Gasteiger partial charge in [0.05, 0.1) is 10.6 Å². The zero-order valence-corrected chi connectivity index (χ0v) is 13.3. The molecule has 0 heterocycles. The highest BCUT2D eigenvalue weighted by Gasteiger charge is 2.12. The van der Waals surface area contributed by atoms with Gasteiger partial charge in [0.25, 0.3) is 0 Å². The van der Waals surface area contributed by atoms with Crippen LogP contribution in [0, 0.1) is 6.92 Å². The van der Waals surface area contributed by atoms with Crippen molar-refractivity contribution in [1.82, 2.24) is 0 Å². The van der Waals surface area contributed by atoms with Crippen LogP contribution in [0.4, 0.5) is 0 Å². The van der Waals surface area contributed by atoms with Gasteiger partial charge in [-0.25, -0.2) is 0 Å². The van der Waals surface area contributed by atoms with Gasteiger partial charge < -0.3 is 10.5 Å². The van der Waals surface area contributed by atoms with Crippen LogP contribution in [-0.4, -0.2) is 4.99 Å². The highest BCUT2D eigenvalue weighted by molar-refractivity contribution is 9.10. The zero-order valence-electron chi connectivity index (χ0n) is 10.1. The molecule has 0 atom stereocenters. The van der Waals surface area contributed by atoms with E-state index in [4.69, 9.17) is 34.3 Å². The predicted molar refractivity (Wildman–Crippen MR) is 86.3 cm³/mol. The Bertz CT molecular complexity index is 645. The first kappa shape index (κ1) is 14.3. The third kappa shape index (κ3) is 3.26. The molecule has 2 aromatic rings. The second-order valence-corrected chi connectivity index (χ2v) is 5.71. The van der Waals surface area contributed by atoms with E-state index in [0.717, 1.165) is 10.0 Å². The molecule has 0 radical (unpaired) electrons. The van der Waals surface area contributed by atoms with Gasteiger partial charge in [-0.3, -0.25) is 0 Å². The molecule has 2 N–H and O–H groups in total. The molecule has 0 saturated carbocycles. The number of halogens is 2. The molecule has 0 amide bonds. The Kier molecular flexibility index (Phi) is 4.45. The Balaban J connectivity index is 2.44. The maximum atomic E-state index is 6.15. The molecule has 0 spiro atoms. The van der Waals surface area contributed by atoms with Crippen LogP contribution in [0.3, 0.4) is 0 Å². The Morgan fingerprint density at radius 3 is 2.63 bits per heavy atom. The lowest BCUT2D eigenvalue weighted by Gasteiger charge is -2.13. The van der Waals surface area contributed by atoms with E-state index in [9.17, 15) is 0 Å². The number of aryl methyl sites for hydroxylation is 1. The van der Waals surface area contributed by atoms with Gasteiger partial charge in [0.2, 0.25) is 0 Å². The summed E-state index contributed by atoms with van der Waals surface area (Å²) in [5, 5.41) is 0.550. The summed E-state index contributed by atoms with van der Waals surface area (Å²) in [7, 11) is 0. The first-order valence-corrected chi connectivity index (χ1v) is 7.09. The minimum atomic E-state index is 0.269. The van der Waals surface area contributed by atoms with Crippen molar-refractivity contribution >= 4 is 44.7 Å². The van der Waals surface area contributed by atoms with Gasteiger partial charge in [0.1, 0.15) is 16.5 Å². The molecule has 0 aromatic heterocycles. The minimum absolute atomic E-state index is 0.269. The van der Waals surface area contributed by atoms with Crippen molar-refractivity contribution < 1.29 is 4.74 Å². The second-order valence-electron chi connectivity index (χ2n) is 4.01. The third-order valence-corrected chi connectivity index (χ3v) is 3.69. The molecule has 0 unspecified atom stereocenters. The number of benzene rings is 2. The van der Waals surface area contributed by atoms with Gasteiger partial charge in [-0.1, -0.05) is 36.0 Å². The van der Waals surface area contributed by atoms with Crippen LogP contribution in [0.1, 0.15) is 11.1 Å². The maximum absolute atomic E-state index is 6.15. The summed E-state index contributed by atoms with van der Waals surface area (Å²) in [4.78, 5) is 0.269. The fourth-order valence-electron chi connectivity index (χ4n) is 1.64. The normalized spacial score (nSPS) is 10.3.